The number of rotatable bonds is 4. The number of halogens is 2. The van der Waals surface area contributed by atoms with Crippen LogP contribution in [-0.4, -0.2) is 38.8 Å². The normalized spacial score (nSPS) is 18.1. The predicted molar refractivity (Wildman–Crippen MR) is 138 cm³/mol. The first-order valence-electron chi connectivity index (χ1n) is 11.3. The van der Waals surface area contributed by atoms with E-state index >= 15 is 0 Å². The van der Waals surface area contributed by atoms with Crippen molar-refractivity contribution in [3.63, 3.8) is 0 Å². The Bertz CT molecular complexity index is 1450. The van der Waals surface area contributed by atoms with Gasteiger partial charge in [-0.15, -0.1) is 0 Å². The summed E-state index contributed by atoms with van der Waals surface area (Å²) < 4.78 is 1.81. The average molecular weight is 504 g/mol. The van der Waals surface area contributed by atoms with E-state index in [1.54, 1.807) is 4.68 Å². The molecule has 3 heterocycles. The van der Waals surface area contributed by atoms with Crippen LogP contribution in [0.15, 0.2) is 78.6 Å². The molecule has 2 N–H and O–H groups in total. The number of nitrogens with zero attached hydrogens (tertiary/aromatic N) is 5. The number of tetrazole rings is 1. The molecule has 0 amide bonds. The Labute approximate surface area is 213 Å². The number of hydrogen-bond acceptors (Lipinski definition) is 6. The summed E-state index contributed by atoms with van der Waals surface area (Å²) >= 11 is 12.6. The Balaban J connectivity index is 1.56. The van der Waals surface area contributed by atoms with E-state index in [2.05, 4.69) is 87.6 Å². The highest BCUT2D eigenvalue weighted by atomic mass is 35.5. The number of nitrogens with one attached hydrogen (secondary N) is 2. The monoisotopic (exact) mass is 503 g/mol. The van der Waals surface area contributed by atoms with Gasteiger partial charge in [0.05, 0.1) is 12.1 Å². The molecule has 0 saturated carbocycles. The van der Waals surface area contributed by atoms with Crippen molar-refractivity contribution in [3.05, 3.63) is 111 Å². The van der Waals surface area contributed by atoms with Gasteiger partial charge in [-0.1, -0.05) is 58.6 Å². The summed E-state index contributed by atoms with van der Waals surface area (Å²) in [5.41, 5.74) is 6.08. The fourth-order valence-electron chi connectivity index (χ4n) is 5.16. The fourth-order valence-corrected chi connectivity index (χ4v) is 5.48. The fraction of sp³-hybridized carbons (Fsp3) is 0.192. The van der Waals surface area contributed by atoms with Crippen LogP contribution in [-0.2, 0) is 5.41 Å². The highest BCUT2D eigenvalue weighted by Crippen LogP contribution is 2.45. The number of allylic oxidation sites excluding steroid dienone is 1. The van der Waals surface area contributed by atoms with Gasteiger partial charge >= 0.3 is 0 Å². The maximum absolute atomic E-state index is 6.38. The molecule has 7 nitrogen and oxygen atoms in total. The number of aromatic nitrogens is 4. The first-order chi connectivity index (χ1) is 16.9. The van der Waals surface area contributed by atoms with Crippen molar-refractivity contribution in [2.45, 2.75) is 18.4 Å². The van der Waals surface area contributed by atoms with Crippen LogP contribution >= 0.6 is 23.2 Å². The molecule has 0 radical (unpaired) electrons. The summed E-state index contributed by atoms with van der Waals surface area (Å²) in [5.74, 6) is 0.595. The third-order valence-electron chi connectivity index (χ3n) is 6.98. The van der Waals surface area contributed by atoms with Crippen LogP contribution in [0.2, 0.25) is 10.0 Å². The van der Waals surface area contributed by atoms with Gasteiger partial charge in [-0.05, 0) is 70.4 Å². The lowest BCUT2D eigenvalue weighted by Gasteiger charge is -2.37. The molecular formula is C26H23Cl2N7. The van der Waals surface area contributed by atoms with Crippen LogP contribution in [0, 0.1) is 0 Å². The van der Waals surface area contributed by atoms with Crippen LogP contribution < -0.4 is 10.6 Å². The quantitative estimate of drug-likeness (QED) is 0.346. The summed E-state index contributed by atoms with van der Waals surface area (Å²) in [4.78, 5) is 2.24. The number of anilines is 2. The minimum absolute atomic E-state index is 0.224. The van der Waals surface area contributed by atoms with Gasteiger partial charge in [0.1, 0.15) is 6.04 Å². The molecule has 2 atom stereocenters. The molecule has 35 heavy (non-hydrogen) atoms. The zero-order chi connectivity index (χ0) is 24.2. The molecule has 1 aromatic heterocycles. The van der Waals surface area contributed by atoms with E-state index in [4.69, 9.17) is 23.2 Å². The molecule has 3 aromatic carbocycles. The third kappa shape index (κ3) is 3.54. The summed E-state index contributed by atoms with van der Waals surface area (Å²) in [7, 11) is 2.10. The van der Waals surface area contributed by atoms with Crippen molar-refractivity contribution in [3.8, 4) is 0 Å². The van der Waals surface area contributed by atoms with E-state index in [1.165, 1.54) is 5.70 Å². The van der Waals surface area contributed by atoms with Gasteiger partial charge < -0.3 is 15.5 Å². The zero-order valence-corrected chi connectivity index (χ0v) is 20.7. The predicted octanol–water partition coefficient (Wildman–Crippen LogP) is 5.31. The summed E-state index contributed by atoms with van der Waals surface area (Å²) in [6, 6.07) is 22.2. The molecule has 2 unspecified atom stereocenters. The molecule has 0 fully saturated rings. The first kappa shape index (κ1) is 21.9. The summed E-state index contributed by atoms with van der Waals surface area (Å²) in [6.07, 6.45) is 2.10. The van der Waals surface area contributed by atoms with E-state index in [9.17, 15) is 0 Å². The van der Waals surface area contributed by atoms with E-state index in [1.807, 2.05) is 30.3 Å². The van der Waals surface area contributed by atoms with E-state index in [-0.39, 0.29) is 6.04 Å². The Morgan fingerprint density at radius 3 is 2.51 bits per heavy atom. The lowest BCUT2D eigenvalue weighted by Crippen LogP contribution is -2.34. The minimum atomic E-state index is -0.433. The van der Waals surface area contributed by atoms with Crippen molar-refractivity contribution >= 4 is 34.8 Å². The third-order valence-corrected chi connectivity index (χ3v) is 7.47. The topological polar surface area (TPSA) is 70.9 Å². The second-order valence-electron chi connectivity index (χ2n) is 9.05. The minimum Gasteiger partial charge on any atom is -0.372 e. The lowest BCUT2D eigenvalue weighted by atomic mass is 9.72. The Morgan fingerprint density at radius 1 is 0.971 bits per heavy atom. The molecular weight excluding hydrogens is 481 g/mol. The van der Waals surface area contributed by atoms with Gasteiger partial charge in [0.2, 0.25) is 5.95 Å². The van der Waals surface area contributed by atoms with Crippen LogP contribution in [0.1, 0.15) is 35.2 Å². The molecule has 0 aliphatic carbocycles. The van der Waals surface area contributed by atoms with Crippen LogP contribution in [0.25, 0.3) is 0 Å². The van der Waals surface area contributed by atoms with E-state index in [0.717, 1.165) is 34.6 Å². The van der Waals surface area contributed by atoms with Crippen LogP contribution in [0.5, 0.6) is 0 Å². The van der Waals surface area contributed by atoms with Gasteiger partial charge in [0.25, 0.3) is 0 Å². The largest absolute Gasteiger partial charge is 0.372 e. The number of likely N-dealkylation sites (N-methyl/N-ethyl adjacent to an activating group) is 1. The van der Waals surface area contributed by atoms with Gasteiger partial charge in [0.15, 0.2) is 0 Å². The van der Waals surface area contributed by atoms with Gasteiger partial charge in [-0.3, -0.25) is 0 Å². The second kappa shape index (κ2) is 8.29. The maximum Gasteiger partial charge on any atom is 0.248 e. The van der Waals surface area contributed by atoms with Crippen molar-refractivity contribution in [2.75, 3.05) is 19.0 Å². The lowest BCUT2D eigenvalue weighted by molar-refractivity contribution is 0.385. The number of fused-ring (bicyclic) bond motifs is 2. The number of benzene rings is 3. The molecule has 0 saturated heterocycles. The second-order valence-corrected chi connectivity index (χ2v) is 9.93. The van der Waals surface area contributed by atoms with Crippen molar-refractivity contribution < 1.29 is 0 Å². The van der Waals surface area contributed by atoms with Crippen molar-refractivity contribution in [2.24, 2.45) is 0 Å². The molecule has 0 spiro atoms. The molecule has 0 bridgehead atoms. The molecule has 9 heteroatoms. The van der Waals surface area contributed by atoms with Gasteiger partial charge in [-0.25, -0.2) is 0 Å². The smallest absolute Gasteiger partial charge is 0.248 e. The Kier molecular flexibility index (Phi) is 5.20. The first-order valence-corrected chi connectivity index (χ1v) is 12.1. The molecule has 176 valence electrons. The maximum atomic E-state index is 6.38. The van der Waals surface area contributed by atoms with Gasteiger partial charge in [-0.2, -0.15) is 4.68 Å². The Hall–Kier alpha value is -3.55. The highest BCUT2D eigenvalue weighted by molar-refractivity contribution is 6.30. The van der Waals surface area contributed by atoms with E-state index in [0.29, 0.717) is 16.0 Å². The van der Waals surface area contributed by atoms with Gasteiger partial charge in [0, 0.05) is 40.2 Å². The van der Waals surface area contributed by atoms with Crippen molar-refractivity contribution in [1.82, 2.24) is 30.4 Å². The Morgan fingerprint density at radius 2 is 1.77 bits per heavy atom. The van der Waals surface area contributed by atoms with Crippen LogP contribution in [0.3, 0.4) is 0 Å². The molecule has 6 rings (SSSR count). The zero-order valence-electron chi connectivity index (χ0n) is 19.2. The van der Waals surface area contributed by atoms with Crippen molar-refractivity contribution in [1.29, 1.82) is 0 Å². The molecule has 2 aliphatic rings. The van der Waals surface area contributed by atoms with E-state index < -0.39 is 5.41 Å². The highest BCUT2D eigenvalue weighted by Gasteiger charge is 2.39. The summed E-state index contributed by atoms with van der Waals surface area (Å²) in [6.45, 7) is 3.00. The molecule has 4 aromatic rings. The SMILES string of the molecule is CN1CNC=C1C(C)(c1ccc(Cl)cc1)c1ccc2c(c1)C(c1cccc(Cl)c1)n1nnnc1N2. The average Bonchev–Trinajstić information content (AvgIpc) is 3.51. The number of hydrogen-bond donors (Lipinski definition) is 2. The molecule has 2 aliphatic heterocycles. The van der Waals surface area contributed by atoms with Crippen LogP contribution in [0.4, 0.5) is 11.6 Å². The summed E-state index contributed by atoms with van der Waals surface area (Å²) in [5, 5.41) is 20.5. The standard InChI is InChI=1S/C26H23Cl2N7/c1-26(23-14-29-15-34(23)2,17-6-9-19(27)10-7-17)18-8-11-22-21(13-18)24(16-4-3-5-20(28)12-16)35-25(30-22)31-32-33-35/h3-14,24,29H,15H2,1-2H3,(H,30,31,33).